The number of hydrogen-bond acceptors (Lipinski definition) is 6. The number of nitrogens with two attached hydrogens (primary N) is 1. The van der Waals surface area contributed by atoms with Gasteiger partial charge in [-0.1, -0.05) is 0 Å². The van der Waals surface area contributed by atoms with Crippen LogP contribution in [0.4, 0.5) is 11.4 Å². The average molecular weight is 283 g/mol. The molecule has 0 heterocycles. The number of amides is 1. The number of nitrogens with zero attached hydrogens (tertiary/aromatic N) is 2. The highest BCUT2D eigenvalue weighted by Gasteiger charge is 2.19. The van der Waals surface area contributed by atoms with Crippen LogP contribution in [0.15, 0.2) is 18.2 Å². The molecule has 0 bridgehead atoms. The number of benzene rings is 1. The lowest BCUT2D eigenvalue weighted by molar-refractivity contribution is -0.383. The molecule has 1 aromatic rings. The molecule has 0 saturated carbocycles. The van der Waals surface area contributed by atoms with Crippen LogP contribution in [-0.4, -0.2) is 54.3 Å². The maximum Gasteiger partial charge on any atom is 0.292 e. The summed E-state index contributed by atoms with van der Waals surface area (Å²) < 4.78 is 4.76. The first-order valence-electron chi connectivity index (χ1n) is 5.83. The van der Waals surface area contributed by atoms with Crippen molar-refractivity contribution in [3.8, 4) is 0 Å². The first kappa shape index (κ1) is 15.9. The molecule has 0 saturated heterocycles. The zero-order valence-electron chi connectivity index (χ0n) is 11.3. The molecule has 110 valence electrons. The Morgan fingerprint density at radius 3 is 2.80 bits per heavy atom. The largest absolute Gasteiger partial charge is 0.393 e. The molecule has 0 aliphatic rings. The molecule has 1 atom stereocenters. The third-order valence-electron chi connectivity index (χ3n) is 2.66. The summed E-state index contributed by atoms with van der Waals surface area (Å²) in [5.41, 5.74) is 5.28. The van der Waals surface area contributed by atoms with Crippen molar-refractivity contribution in [2.75, 3.05) is 33.0 Å². The number of aliphatic hydroxyl groups is 1. The second-order valence-corrected chi connectivity index (χ2v) is 4.33. The van der Waals surface area contributed by atoms with Gasteiger partial charge in [0.05, 0.1) is 17.6 Å². The summed E-state index contributed by atoms with van der Waals surface area (Å²) in [5.74, 6) is -0.441. The fraction of sp³-hybridized carbons (Fsp3) is 0.417. The number of rotatable bonds is 6. The van der Waals surface area contributed by atoms with Crippen LogP contribution in [0.25, 0.3) is 0 Å². The van der Waals surface area contributed by atoms with Crippen LogP contribution in [0.3, 0.4) is 0 Å². The Kier molecular flexibility index (Phi) is 5.42. The number of aliphatic hydroxyl groups excluding tert-OH is 1. The van der Waals surface area contributed by atoms with E-state index in [-0.39, 0.29) is 30.1 Å². The van der Waals surface area contributed by atoms with E-state index in [9.17, 15) is 20.0 Å². The summed E-state index contributed by atoms with van der Waals surface area (Å²) in [6.07, 6.45) is -0.822. The van der Waals surface area contributed by atoms with Crippen LogP contribution in [-0.2, 0) is 4.74 Å². The monoisotopic (exact) mass is 283 g/mol. The summed E-state index contributed by atoms with van der Waals surface area (Å²) >= 11 is 0. The Labute approximate surface area is 115 Å². The predicted octanol–water partition coefficient (Wildman–Crippen LogP) is 0.256. The average Bonchev–Trinajstić information content (AvgIpc) is 2.38. The normalized spacial score (nSPS) is 11.9. The minimum absolute atomic E-state index is 0.00591. The van der Waals surface area contributed by atoms with E-state index in [0.29, 0.717) is 0 Å². The molecule has 0 radical (unpaired) electrons. The van der Waals surface area contributed by atoms with Gasteiger partial charge in [-0.3, -0.25) is 14.9 Å². The van der Waals surface area contributed by atoms with Crippen molar-refractivity contribution in [3.63, 3.8) is 0 Å². The van der Waals surface area contributed by atoms with Crippen LogP contribution in [0, 0.1) is 10.1 Å². The first-order chi connectivity index (χ1) is 9.36. The van der Waals surface area contributed by atoms with E-state index in [1.54, 1.807) is 0 Å². The highest BCUT2D eigenvalue weighted by Crippen LogP contribution is 2.22. The molecule has 0 fully saturated rings. The van der Waals surface area contributed by atoms with E-state index in [0.717, 1.165) is 6.07 Å². The van der Waals surface area contributed by atoms with Gasteiger partial charge in [-0.2, -0.15) is 0 Å². The zero-order chi connectivity index (χ0) is 15.3. The number of hydrogen-bond donors (Lipinski definition) is 2. The second kappa shape index (κ2) is 6.83. The number of nitrogen functional groups attached to an aromatic ring is 1. The summed E-state index contributed by atoms with van der Waals surface area (Å²) in [5, 5.41) is 20.3. The molecular formula is C12H17N3O5. The Bertz CT molecular complexity index is 506. The van der Waals surface area contributed by atoms with E-state index >= 15 is 0 Å². The van der Waals surface area contributed by atoms with Crippen molar-refractivity contribution < 1.29 is 19.6 Å². The van der Waals surface area contributed by atoms with Crippen molar-refractivity contribution >= 4 is 17.3 Å². The van der Waals surface area contributed by atoms with E-state index in [4.69, 9.17) is 10.5 Å². The second-order valence-electron chi connectivity index (χ2n) is 4.33. The highest BCUT2D eigenvalue weighted by molar-refractivity contribution is 5.95. The van der Waals surface area contributed by atoms with Crippen molar-refractivity contribution in [1.29, 1.82) is 0 Å². The van der Waals surface area contributed by atoms with Crippen LogP contribution in [0.2, 0.25) is 0 Å². The third-order valence-corrected chi connectivity index (χ3v) is 2.66. The summed E-state index contributed by atoms with van der Waals surface area (Å²) in [4.78, 5) is 23.5. The fourth-order valence-corrected chi connectivity index (χ4v) is 1.70. The first-order valence-corrected chi connectivity index (χ1v) is 5.83. The number of nitro groups is 1. The highest BCUT2D eigenvalue weighted by atomic mass is 16.6. The van der Waals surface area contributed by atoms with Crippen LogP contribution in [0.1, 0.15) is 10.4 Å². The number of methoxy groups -OCH3 is 1. The molecule has 0 aliphatic heterocycles. The fourth-order valence-electron chi connectivity index (χ4n) is 1.70. The Balaban J connectivity index is 2.86. The van der Waals surface area contributed by atoms with Crippen molar-refractivity contribution in [2.24, 2.45) is 0 Å². The van der Waals surface area contributed by atoms with E-state index in [1.165, 1.54) is 31.2 Å². The van der Waals surface area contributed by atoms with E-state index in [1.807, 2.05) is 0 Å². The van der Waals surface area contributed by atoms with Gasteiger partial charge in [0.1, 0.15) is 5.69 Å². The maximum absolute atomic E-state index is 12.1. The van der Waals surface area contributed by atoms with Crippen molar-refractivity contribution in [3.05, 3.63) is 33.9 Å². The number of nitro benzene ring substituents is 1. The molecule has 1 rings (SSSR count). The van der Waals surface area contributed by atoms with Gasteiger partial charge in [-0.25, -0.2) is 0 Å². The Morgan fingerprint density at radius 2 is 2.25 bits per heavy atom. The van der Waals surface area contributed by atoms with Gasteiger partial charge in [-0.15, -0.1) is 0 Å². The zero-order valence-corrected chi connectivity index (χ0v) is 11.3. The van der Waals surface area contributed by atoms with Gasteiger partial charge in [-0.05, 0) is 12.1 Å². The molecule has 1 amide bonds. The smallest absolute Gasteiger partial charge is 0.292 e. The van der Waals surface area contributed by atoms with Crippen LogP contribution < -0.4 is 5.73 Å². The summed E-state index contributed by atoms with van der Waals surface area (Å²) in [6.45, 7) is 0.157. The molecule has 0 aromatic heterocycles. The lowest BCUT2D eigenvalue weighted by atomic mass is 10.1. The molecule has 0 aliphatic carbocycles. The van der Waals surface area contributed by atoms with Gasteiger partial charge < -0.3 is 20.5 Å². The number of likely N-dealkylation sites (N-methyl/N-ethyl adjacent to an activating group) is 1. The molecule has 20 heavy (non-hydrogen) atoms. The standard InChI is InChI=1S/C12H17N3O5/c1-14(6-9(16)7-20-2)12(17)8-3-4-10(13)11(5-8)15(18)19/h3-5,9,16H,6-7,13H2,1-2H3. The van der Waals surface area contributed by atoms with Crippen LogP contribution in [0.5, 0.6) is 0 Å². The molecule has 8 nitrogen and oxygen atoms in total. The van der Waals surface area contributed by atoms with Gasteiger partial charge in [0, 0.05) is 32.3 Å². The minimum atomic E-state index is -0.822. The van der Waals surface area contributed by atoms with E-state index in [2.05, 4.69) is 0 Å². The maximum atomic E-state index is 12.1. The summed E-state index contributed by atoms with van der Waals surface area (Å²) in [6, 6.07) is 3.84. The predicted molar refractivity (Wildman–Crippen MR) is 72.4 cm³/mol. The van der Waals surface area contributed by atoms with Gasteiger partial charge in [0.2, 0.25) is 0 Å². The molecule has 1 aromatic carbocycles. The molecule has 8 heteroatoms. The van der Waals surface area contributed by atoms with Gasteiger partial charge >= 0.3 is 0 Å². The molecule has 0 spiro atoms. The lowest BCUT2D eigenvalue weighted by Crippen LogP contribution is -2.36. The van der Waals surface area contributed by atoms with E-state index < -0.39 is 16.9 Å². The lowest BCUT2D eigenvalue weighted by Gasteiger charge is -2.20. The quantitative estimate of drug-likeness (QED) is 0.439. The molecular weight excluding hydrogens is 266 g/mol. The number of carbonyl (C=O) groups is 1. The van der Waals surface area contributed by atoms with Gasteiger partial charge in [0.15, 0.2) is 0 Å². The van der Waals surface area contributed by atoms with Gasteiger partial charge in [0.25, 0.3) is 11.6 Å². The molecule has 3 N–H and O–H groups in total. The van der Waals surface area contributed by atoms with Crippen molar-refractivity contribution in [2.45, 2.75) is 6.10 Å². The SMILES string of the molecule is COCC(O)CN(C)C(=O)c1ccc(N)c([N+](=O)[O-])c1. The molecule has 1 unspecified atom stereocenters. The number of anilines is 1. The number of carbonyl (C=O) groups excluding carboxylic acids is 1. The van der Waals surface area contributed by atoms with Crippen LogP contribution >= 0.6 is 0 Å². The third kappa shape index (κ3) is 3.90. The Morgan fingerprint density at radius 1 is 1.60 bits per heavy atom. The summed E-state index contributed by atoms with van der Waals surface area (Å²) in [7, 11) is 2.93. The minimum Gasteiger partial charge on any atom is -0.393 e. The number of ether oxygens (including phenoxy) is 1. The Hall–Kier alpha value is -2.19. The van der Waals surface area contributed by atoms with Crippen molar-refractivity contribution in [1.82, 2.24) is 4.90 Å². The topological polar surface area (TPSA) is 119 Å².